The van der Waals surface area contributed by atoms with Crippen molar-refractivity contribution in [3.05, 3.63) is 36.5 Å². The van der Waals surface area contributed by atoms with Gasteiger partial charge in [0.25, 0.3) is 0 Å². The minimum atomic E-state index is -0.530. The second-order valence-corrected chi connectivity index (χ2v) is 6.54. The van der Waals surface area contributed by atoms with Crippen molar-refractivity contribution < 1.29 is 14.3 Å². The van der Waals surface area contributed by atoms with Crippen LogP contribution in [0.3, 0.4) is 0 Å². The number of nitrogens with two attached hydrogens (primary N) is 1. The van der Waals surface area contributed by atoms with Crippen LogP contribution in [0.2, 0.25) is 0 Å². The summed E-state index contributed by atoms with van der Waals surface area (Å²) in [6.45, 7) is 0.497. The van der Waals surface area contributed by atoms with E-state index in [9.17, 15) is 9.59 Å². The number of aromatic nitrogens is 1. The van der Waals surface area contributed by atoms with Crippen LogP contribution in [-0.4, -0.2) is 46.2 Å². The standard InChI is InChI=1S/C18H21N3O3/c19-14-8-10-24-17-6-5-13(21(17)18(14)23)11-16(22)20-9-7-12-3-1-2-4-15(12)20/h1-4,7,9,13-14,17H,5-6,8,10-11,19H2. The summed E-state index contributed by atoms with van der Waals surface area (Å²) in [5, 5.41) is 1.03. The Bertz CT molecular complexity index is 785. The fourth-order valence-corrected chi connectivity index (χ4v) is 3.78. The molecule has 24 heavy (non-hydrogen) atoms. The van der Waals surface area contributed by atoms with Crippen molar-refractivity contribution in [2.24, 2.45) is 5.73 Å². The van der Waals surface area contributed by atoms with Crippen LogP contribution in [0, 0.1) is 0 Å². The van der Waals surface area contributed by atoms with Crippen LogP contribution in [-0.2, 0) is 9.53 Å². The second kappa shape index (κ2) is 6.03. The predicted molar refractivity (Wildman–Crippen MR) is 89.4 cm³/mol. The molecule has 2 aromatic rings. The quantitative estimate of drug-likeness (QED) is 0.911. The Morgan fingerprint density at radius 2 is 2.04 bits per heavy atom. The molecule has 4 rings (SSSR count). The van der Waals surface area contributed by atoms with E-state index in [4.69, 9.17) is 10.5 Å². The molecule has 3 atom stereocenters. The third-order valence-corrected chi connectivity index (χ3v) is 5.04. The van der Waals surface area contributed by atoms with Crippen molar-refractivity contribution >= 4 is 22.7 Å². The molecule has 1 aromatic heterocycles. The van der Waals surface area contributed by atoms with Crippen molar-refractivity contribution in [1.82, 2.24) is 9.47 Å². The first-order valence-corrected chi connectivity index (χ1v) is 8.44. The molecule has 2 N–H and O–H groups in total. The molecule has 0 radical (unpaired) electrons. The van der Waals surface area contributed by atoms with Crippen LogP contribution >= 0.6 is 0 Å². The average molecular weight is 327 g/mol. The number of fused-ring (bicyclic) bond motifs is 2. The first-order chi connectivity index (χ1) is 11.6. The Labute approximate surface area is 140 Å². The molecule has 2 saturated heterocycles. The van der Waals surface area contributed by atoms with E-state index in [1.165, 1.54) is 0 Å². The van der Waals surface area contributed by atoms with Gasteiger partial charge in [0.15, 0.2) is 0 Å². The molecular formula is C18H21N3O3. The number of para-hydroxylation sites is 1. The molecule has 0 bridgehead atoms. The maximum atomic E-state index is 12.8. The number of amides is 1. The van der Waals surface area contributed by atoms with Gasteiger partial charge in [0.1, 0.15) is 6.23 Å². The summed E-state index contributed by atoms with van der Waals surface area (Å²) < 4.78 is 7.42. The van der Waals surface area contributed by atoms with Crippen molar-refractivity contribution in [2.45, 2.75) is 44.0 Å². The lowest BCUT2D eigenvalue weighted by molar-refractivity contribution is -0.141. The molecule has 126 valence electrons. The maximum Gasteiger partial charge on any atom is 0.241 e. The van der Waals surface area contributed by atoms with Gasteiger partial charge in [-0.25, -0.2) is 0 Å². The number of hydrogen-bond acceptors (Lipinski definition) is 4. The Morgan fingerprint density at radius 1 is 1.21 bits per heavy atom. The number of hydrogen-bond donors (Lipinski definition) is 1. The van der Waals surface area contributed by atoms with E-state index in [1.807, 2.05) is 30.3 Å². The van der Waals surface area contributed by atoms with Gasteiger partial charge in [-0.05, 0) is 31.4 Å². The van der Waals surface area contributed by atoms with Crippen molar-refractivity contribution in [1.29, 1.82) is 0 Å². The number of carbonyl (C=O) groups excluding carboxylic acids is 2. The molecular weight excluding hydrogens is 306 g/mol. The van der Waals surface area contributed by atoms with Crippen LogP contribution in [0.4, 0.5) is 0 Å². The van der Waals surface area contributed by atoms with Gasteiger partial charge < -0.3 is 15.4 Å². The number of carbonyl (C=O) groups is 2. The average Bonchev–Trinajstić information content (AvgIpc) is 3.15. The largest absolute Gasteiger partial charge is 0.358 e. The maximum absolute atomic E-state index is 12.8. The lowest BCUT2D eigenvalue weighted by Crippen LogP contribution is -2.48. The highest BCUT2D eigenvalue weighted by molar-refractivity contribution is 5.93. The van der Waals surface area contributed by atoms with Crippen LogP contribution in [0.15, 0.2) is 36.5 Å². The minimum Gasteiger partial charge on any atom is -0.358 e. The number of rotatable bonds is 2. The Morgan fingerprint density at radius 3 is 2.92 bits per heavy atom. The molecule has 0 saturated carbocycles. The van der Waals surface area contributed by atoms with Gasteiger partial charge >= 0.3 is 0 Å². The molecule has 1 aromatic carbocycles. The predicted octanol–water partition coefficient (Wildman–Crippen LogP) is 1.74. The van der Waals surface area contributed by atoms with Crippen LogP contribution in [0.5, 0.6) is 0 Å². The molecule has 1 amide bonds. The highest BCUT2D eigenvalue weighted by atomic mass is 16.5. The van der Waals surface area contributed by atoms with Gasteiger partial charge in [-0.3, -0.25) is 14.2 Å². The SMILES string of the molecule is NC1CCOC2CCC(CC(=O)n3ccc4ccccc43)N2C1=O. The molecule has 2 aliphatic heterocycles. The summed E-state index contributed by atoms with van der Waals surface area (Å²) in [6, 6.07) is 9.05. The third-order valence-electron chi connectivity index (χ3n) is 5.04. The van der Waals surface area contributed by atoms with Gasteiger partial charge in [-0.15, -0.1) is 0 Å². The first kappa shape index (κ1) is 15.4. The van der Waals surface area contributed by atoms with Gasteiger partial charge in [-0.1, -0.05) is 18.2 Å². The zero-order chi connectivity index (χ0) is 16.7. The van der Waals surface area contributed by atoms with E-state index in [0.29, 0.717) is 13.0 Å². The minimum absolute atomic E-state index is 0.00697. The summed E-state index contributed by atoms with van der Waals surface area (Å²) >= 11 is 0. The van der Waals surface area contributed by atoms with Crippen LogP contribution in [0.25, 0.3) is 10.9 Å². The zero-order valence-corrected chi connectivity index (χ0v) is 13.4. The molecule has 2 fully saturated rings. The van der Waals surface area contributed by atoms with E-state index in [0.717, 1.165) is 23.7 Å². The highest BCUT2D eigenvalue weighted by Crippen LogP contribution is 2.30. The summed E-state index contributed by atoms with van der Waals surface area (Å²) in [7, 11) is 0. The molecule has 3 unspecified atom stereocenters. The van der Waals surface area contributed by atoms with Gasteiger partial charge in [0, 0.05) is 24.0 Å². The summed E-state index contributed by atoms with van der Waals surface area (Å²) in [5.41, 5.74) is 6.83. The van der Waals surface area contributed by atoms with E-state index in [-0.39, 0.29) is 30.5 Å². The smallest absolute Gasteiger partial charge is 0.241 e. The fourth-order valence-electron chi connectivity index (χ4n) is 3.78. The highest BCUT2D eigenvalue weighted by Gasteiger charge is 2.42. The number of nitrogens with zero attached hydrogens (tertiary/aromatic N) is 2. The van der Waals surface area contributed by atoms with Crippen molar-refractivity contribution in [3.63, 3.8) is 0 Å². The van der Waals surface area contributed by atoms with Crippen LogP contribution in [0.1, 0.15) is 30.5 Å². The summed E-state index contributed by atoms with van der Waals surface area (Å²) in [4.78, 5) is 27.0. The van der Waals surface area contributed by atoms with E-state index >= 15 is 0 Å². The van der Waals surface area contributed by atoms with Gasteiger partial charge in [-0.2, -0.15) is 0 Å². The van der Waals surface area contributed by atoms with Crippen LogP contribution < -0.4 is 5.73 Å². The van der Waals surface area contributed by atoms with Crippen molar-refractivity contribution in [2.75, 3.05) is 6.61 Å². The third kappa shape index (κ3) is 2.52. The second-order valence-electron chi connectivity index (χ2n) is 6.54. The molecule has 0 spiro atoms. The van der Waals surface area contributed by atoms with Gasteiger partial charge in [0.2, 0.25) is 11.8 Å². The van der Waals surface area contributed by atoms with E-state index in [2.05, 4.69) is 0 Å². The molecule has 6 heteroatoms. The monoisotopic (exact) mass is 327 g/mol. The lowest BCUT2D eigenvalue weighted by atomic mass is 10.1. The number of ether oxygens (including phenoxy) is 1. The van der Waals surface area contributed by atoms with Crippen molar-refractivity contribution in [3.8, 4) is 0 Å². The number of benzene rings is 1. The lowest BCUT2D eigenvalue weighted by Gasteiger charge is -2.29. The summed E-state index contributed by atoms with van der Waals surface area (Å²) in [6.07, 6.45) is 3.93. The summed E-state index contributed by atoms with van der Waals surface area (Å²) in [5.74, 6) is -0.0994. The molecule has 6 nitrogen and oxygen atoms in total. The zero-order valence-electron chi connectivity index (χ0n) is 13.4. The normalized spacial score (nSPS) is 27.3. The van der Waals surface area contributed by atoms with E-state index < -0.39 is 6.04 Å². The first-order valence-electron chi connectivity index (χ1n) is 8.44. The molecule has 3 heterocycles. The Kier molecular flexibility index (Phi) is 3.86. The molecule has 0 aliphatic carbocycles. The molecule has 2 aliphatic rings. The topological polar surface area (TPSA) is 77.6 Å². The van der Waals surface area contributed by atoms with Gasteiger partial charge in [0.05, 0.1) is 18.2 Å². The van der Waals surface area contributed by atoms with E-state index in [1.54, 1.807) is 15.7 Å². The Hall–Kier alpha value is -2.18. The Balaban J connectivity index is 1.56. The fraction of sp³-hybridized carbons (Fsp3) is 0.444.